The predicted molar refractivity (Wildman–Crippen MR) is 123 cm³/mol. The molecule has 0 aromatic carbocycles. The first-order valence-corrected chi connectivity index (χ1v) is 10.4. The maximum absolute atomic E-state index is 5.61. The molecule has 0 amide bonds. The zero-order chi connectivity index (χ0) is 23.3. The Kier molecular flexibility index (Phi) is 5.90. The van der Waals surface area contributed by atoms with Crippen LogP contribution in [0.1, 0.15) is 5.82 Å². The molecule has 0 aliphatic rings. The van der Waals surface area contributed by atoms with Crippen molar-refractivity contribution in [3.8, 4) is 17.1 Å². The zero-order valence-electron chi connectivity index (χ0n) is 18.4. The fraction of sp³-hybridized carbons (Fsp3) is 0.190. The summed E-state index contributed by atoms with van der Waals surface area (Å²) in [6.07, 6.45) is 4.88. The molecular formula is C21H21N11O2. The van der Waals surface area contributed by atoms with Crippen molar-refractivity contribution >= 4 is 28.9 Å². The van der Waals surface area contributed by atoms with Gasteiger partial charge in [-0.2, -0.15) is 15.3 Å². The highest BCUT2D eigenvalue weighted by atomic mass is 16.5. The van der Waals surface area contributed by atoms with E-state index in [0.717, 1.165) is 0 Å². The highest BCUT2D eigenvalue weighted by Crippen LogP contribution is 2.30. The first-order valence-electron chi connectivity index (χ1n) is 10.4. The lowest BCUT2D eigenvalue weighted by Gasteiger charge is -2.10. The van der Waals surface area contributed by atoms with Crippen LogP contribution >= 0.6 is 0 Å². The van der Waals surface area contributed by atoms with Gasteiger partial charge in [-0.3, -0.25) is 5.10 Å². The first kappa shape index (κ1) is 21.2. The van der Waals surface area contributed by atoms with Gasteiger partial charge in [-0.05, 0) is 19.1 Å². The van der Waals surface area contributed by atoms with Gasteiger partial charge in [-0.1, -0.05) is 0 Å². The quantitative estimate of drug-likeness (QED) is 0.279. The molecule has 172 valence electrons. The SMILES string of the molecule is COCCOc1cnnc(Nc2cc(-c3c(Nc4ccn[nH]4)nc4cccnn34)nc(C)n2)c1. The maximum atomic E-state index is 5.61. The van der Waals surface area contributed by atoms with Gasteiger partial charge in [0.05, 0.1) is 24.7 Å². The normalized spacial score (nSPS) is 11.0. The van der Waals surface area contributed by atoms with Crippen LogP contribution in [0.5, 0.6) is 5.75 Å². The topological polar surface area (TPSA) is 153 Å². The fourth-order valence-electron chi connectivity index (χ4n) is 3.27. The molecule has 0 saturated heterocycles. The van der Waals surface area contributed by atoms with Crippen LogP contribution in [-0.4, -0.2) is 65.3 Å². The van der Waals surface area contributed by atoms with Crippen molar-refractivity contribution in [1.29, 1.82) is 0 Å². The number of ether oxygens (including phenoxy) is 2. The van der Waals surface area contributed by atoms with Crippen LogP contribution < -0.4 is 15.4 Å². The van der Waals surface area contributed by atoms with Gasteiger partial charge in [0.25, 0.3) is 0 Å². The van der Waals surface area contributed by atoms with Crippen LogP contribution in [0.3, 0.4) is 0 Å². The van der Waals surface area contributed by atoms with E-state index in [1.807, 2.05) is 19.1 Å². The molecule has 0 aliphatic heterocycles. The minimum Gasteiger partial charge on any atom is -0.489 e. The Morgan fingerprint density at radius 3 is 2.82 bits per heavy atom. The Bertz CT molecular complexity index is 1400. The van der Waals surface area contributed by atoms with E-state index in [0.29, 0.717) is 65.1 Å². The highest BCUT2D eigenvalue weighted by Gasteiger charge is 2.19. The summed E-state index contributed by atoms with van der Waals surface area (Å²) in [6, 6.07) is 9.03. The number of aromatic amines is 1. The van der Waals surface area contributed by atoms with E-state index in [-0.39, 0.29) is 0 Å². The van der Waals surface area contributed by atoms with Gasteiger partial charge in [0, 0.05) is 31.5 Å². The molecule has 0 bridgehead atoms. The summed E-state index contributed by atoms with van der Waals surface area (Å²) in [7, 11) is 1.62. The molecule has 13 nitrogen and oxygen atoms in total. The number of nitrogens with one attached hydrogen (secondary N) is 3. The number of aryl methyl sites for hydroxylation is 1. The smallest absolute Gasteiger partial charge is 0.162 e. The number of rotatable bonds is 9. The molecule has 0 aliphatic carbocycles. The van der Waals surface area contributed by atoms with Crippen LogP contribution in [0.4, 0.5) is 23.3 Å². The van der Waals surface area contributed by atoms with Gasteiger partial charge in [-0.15, -0.1) is 5.10 Å². The van der Waals surface area contributed by atoms with Crippen LogP contribution in [0.25, 0.3) is 17.0 Å². The van der Waals surface area contributed by atoms with E-state index >= 15 is 0 Å². The number of nitrogens with zero attached hydrogens (tertiary/aromatic N) is 8. The van der Waals surface area contributed by atoms with Crippen molar-refractivity contribution in [2.45, 2.75) is 6.92 Å². The minimum atomic E-state index is 0.409. The zero-order valence-corrected chi connectivity index (χ0v) is 18.4. The van der Waals surface area contributed by atoms with Crippen molar-refractivity contribution < 1.29 is 9.47 Å². The van der Waals surface area contributed by atoms with Gasteiger partial charge < -0.3 is 20.1 Å². The average Bonchev–Trinajstić information content (AvgIpc) is 3.47. The Morgan fingerprint density at radius 1 is 1.03 bits per heavy atom. The van der Waals surface area contributed by atoms with E-state index < -0.39 is 0 Å². The number of fused-ring (bicyclic) bond motifs is 1. The summed E-state index contributed by atoms with van der Waals surface area (Å²) >= 11 is 0. The van der Waals surface area contributed by atoms with Crippen LogP contribution in [0, 0.1) is 6.92 Å². The third-order valence-electron chi connectivity index (χ3n) is 4.67. The monoisotopic (exact) mass is 459 g/mol. The van der Waals surface area contributed by atoms with E-state index in [1.165, 1.54) is 6.20 Å². The summed E-state index contributed by atoms with van der Waals surface area (Å²) in [5.74, 6) is 3.39. The Hall–Kier alpha value is -4.65. The second-order valence-corrected chi connectivity index (χ2v) is 7.13. The third-order valence-corrected chi connectivity index (χ3v) is 4.67. The van der Waals surface area contributed by atoms with Crippen molar-refractivity contribution in [1.82, 2.24) is 45.0 Å². The standard InChI is InChI=1S/C21H21N11O2/c1-13-25-15(11-17(26-13)27-18-10-14(12-23-31-18)34-9-8-33-2)20-21(28-16-5-7-22-30-16)29-19-4-3-6-24-32(19)20/h3-7,10-12H,8-9H2,1-2H3,(H2,22,28,30)(H,25,26,27,31). The number of anilines is 4. The second kappa shape index (κ2) is 9.46. The third kappa shape index (κ3) is 4.59. The molecule has 5 aromatic heterocycles. The van der Waals surface area contributed by atoms with Crippen molar-refractivity contribution in [2.75, 3.05) is 31.0 Å². The molecule has 13 heteroatoms. The molecule has 0 fully saturated rings. The maximum Gasteiger partial charge on any atom is 0.162 e. The summed E-state index contributed by atoms with van der Waals surface area (Å²) in [4.78, 5) is 13.8. The Morgan fingerprint density at radius 2 is 1.97 bits per heavy atom. The van der Waals surface area contributed by atoms with Crippen molar-refractivity contribution in [3.63, 3.8) is 0 Å². The molecule has 0 saturated carbocycles. The predicted octanol–water partition coefficient (Wildman–Crippen LogP) is 2.52. The largest absolute Gasteiger partial charge is 0.489 e. The molecule has 5 heterocycles. The molecule has 0 atom stereocenters. The first-order chi connectivity index (χ1) is 16.7. The summed E-state index contributed by atoms with van der Waals surface area (Å²) < 4.78 is 12.3. The van der Waals surface area contributed by atoms with E-state index in [2.05, 4.69) is 51.1 Å². The van der Waals surface area contributed by atoms with Crippen LogP contribution in [0.15, 0.2) is 48.9 Å². The number of H-pyrrole nitrogens is 1. The molecule has 5 aromatic rings. The van der Waals surface area contributed by atoms with E-state index in [4.69, 9.17) is 9.47 Å². The van der Waals surface area contributed by atoms with Crippen LogP contribution in [-0.2, 0) is 4.74 Å². The molecular weight excluding hydrogens is 438 g/mol. The van der Waals surface area contributed by atoms with Crippen molar-refractivity contribution in [2.24, 2.45) is 0 Å². The number of methoxy groups -OCH3 is 1. The lowest BCUT2D eigenvalue weighted by Crippen LogP contribution is -2.06. The van der Waals surface area contributed by atoms with Gasteiger partial charge in [0.15, 0.2) is 17.3 Å². The summed E-state index contributed by atoms with van der Waals surface area (Å²) in [5, 5.41) is 25.8. The molecule has 0 radical (unpaired) electrons. The van der Waals surface area contributed by atoms with Gasteiger partial charge in [-0.25, -0.2) is 19.5 Å². The average molecular weight is 459 g/mol. The molecule has 3 N–H and O–H groups in total. The van der Waals surface area contributed by atoms with Crippen molar-refractivity contribution in [3.05, 3.63) is 54.7 Å². The molecule has 0 unspecified atom stereocenters. The molecule has 34 heavy (non-hydrogen) atoms. The highest BCUT2D eigenvalue weighted by molar-refractivity contribution is 5.78. The Balaban J connectivity index is 1.49. The van der Waals surface area contributed by atoms with E-state index in [1.54, 1.807) is 42.2 Å². The second-order valence-electron chi connectivity index (χ2n) is 7.13. The minimum absolute atomic E-state index is 0.409. The fourth-order valence-corrected chi connectivity index (χ4v) is 3.27. The lowest BCUT2D eigenvalue weighted by molar-refractivity contribution is 0.146. The van der Waals surface area contributed by atoms with E-state index in [9.17, 15) is 0 Å². The van der Waals surface area contributed by atoms with Gasteiger partial charge in [0.2, 0.25) is 0 Å². The van der Waals surface area contributed by atoms with Crippen LogP contribution in [0.2, 0.25) is 0 Å². The molecule has 5 rings (SSSR count). The Labute approximate surface area is 193 Å². The summed E-state index contributed by atoms with van der Waals surface area (Å²) in [6.45, 7) is 2.69. The number of hydrogen-bond acceptors (Lipinski definition) is 11. The number of hydrogen-bond donors (Lipinski definition) is 3. The summed E-state index contributed by atoms with van der Waals surface area (Å²) in [5.41, 5.74) is 1.95. The number of aromatic nitrogens is 9. The van der Waals surface area contributed by atoms with Gasteiger partial charge >= 0.3 is 0 Å². The number of imidazole rings is 1. The van der Waals surface area contributed by atoms with Gasteiger partial charge in [0.1, 0.15) is 35.5 Å². The molecule has 0 spiro atoms. The lowest BCUT2D eigenvalue weighted by atomic mass is 10.2.